The number of ether oxygens (including phenoxy) is 1. The highest BCUT2D eigenvalue weighted by Crippen LogP contribution is 1.96. The average Bonchev–Trinajstić information content (AvgIpc) is 2.17. The Morgan fingerprint density at radius 3 is 2.75 bits per heavy atom. The number of methoxy groups -OCH3 is 1. The van der Waals surface area contributed by atoms with Gasteiger partial charge in [0.2, 0.25) is 0 Å². The number of carbonyl (C=O) groups is 1. The van der Waals surface area contributed by atoms with Crippen molar-refractivity contribution in [3.8, 4) is 12.3 Å². The summed E-state index contributed by atoms with van der Waals surface area (Å²) in [4.78, 5) is 10.8. The maximum Gasteiger partial charge on any atom is 0.358 e. The molecule has 0 aliphatic rings. The van der Waals surface area contributed by atoms with Gasteiger partial charge < -0.3 is 4.74 Å². The number of rotatable bonds is 1. The zero-order valence-corrected chi connectivity index (χ0v) is 6.44. The molecule has 0 saturated heterocycles. The molecule has 1 rings (SSSR count). The molecule has 1 aromatic heterocycles. The van der Waals surface area contributed by atoms with E-state index >= 15 is 0 Å². The number of aromatic nitrogens is 2. The van der Waals surface area contributed by atoms with Crippen LogP contribution < -0.4 is 0 Å². The van der Waals surface area contributed by atoms with Gasteiger partial charge in [0.15, 0.2) is 5.69 Å². The molecule has 1 aromatic rings. The van der Waals surface area contributed by atoms with Gasteiger partial charge in [-0.1, -0.05) is 0 Å². The van der Waals surface area contributed by atoms with E-state index in [1.807, 2.05) is 0 Å². The summed E-state index contributed by atoms with van der Waals surface area (Å²) in [5, 5.41) is 7.13. The van der Waals surface area contributed by atoms with Crippen molar-refractivity contribution in [3.05, 3.63) is 23.5 Å². The lowest BCUT2D eigenvalue weighted by Crippen LogP contribution is -2.05. The summed E-state index contributed by atoms with van der Waals surface area (Å²) >= 11 is 0. The summed E-state index contributed by atoms with van der Waals surface area (Å²) in [6.45, 7) is 0. The molecule has 0 amide bonds. The zero-order chi connectivity index (χ0) is 8.97. The number of esters is 1. The van der Waals surface area contributed by atoms with Gasteiger partial charge in [-0.25, -0.2) is 4.79 Å². The van der Waals surface area contributed by atoms with Gasteiger partial charge >= 0.3 is 5.97 Å². The van der Waals surface area contributed by atoms with Crippen LogP contribution >= 0.6 is 0 Å². The van der Waals surface area contributed by atoms with E-state index in [0.717, 1.165) is 0 Å². The summed E-state index contributed by atoms with van der Waals surface area (Å²) in [6, 6.07) is 2.99. The van der Waals surface area contributed by atoms with Crippen molar-refractivity contribution < 1.29 is 9.53 Å². The first-order valence-electron chi connectivity index (χ1n) is 3.16. The quantitative estimate of drug-likeness (QED) is 0.438. The first-order valence-corrected chi connectivity index (χ1v) is 3.16. The molecule has 12 heavy (non-hydrogen) atoms. The Labute approximate surface area is 69.6 Å². The van der Waals surface area contributed by atoms with Crippen molar-refractivity contribution in [2.24, 2.45) is 0 Å². The van der Waals surface area contributed by atoms with Gasteiger partial charge in [0.05, 0.1) is 7.11 Å². The monoisotopic (exact) mass is 162 g/mol. The molecule has 0 spiro atoms. The van der Waals surface area contributed by atoms with Gasteiger partial charge in [-0.15, -0.1) is 16.6 Å². The van der Waals surface area contributed by atoms with E-state index in [-0.39, 0.29) is 5.69 Å². The highest BCUT2D eigenvalue weighted by atomic mass is 16.5. The predicted octanol–water partition coefficient (Wildman–Crippen LogP) is 0.244. The Bertz CT molecular complexity index is 324. The molecule has 0 bridgehead atoms. The van der Waals surface area contributed by atoms with E-state index < -0.39 is 5.97 Å². The van der Waals surface area contributed by atoms with Gasteiger partial charge in [-0.2, -0.15) is 0 Å². The lowest BCUT2D eigenvalue weighted by Gasteiger charge is -1.95. The van der Waals surface area contributed by atoms with Crippen LogP contribution in [0.5, 0.6) is 0 Å². The molecule has 0 fully saturated rings. The van der Waals surface area contributed by atoms with Gasteiger partial charge in [-0.05, 0) is 18.1 Å². The second-order valence-electron chi connectivity index (χ2n) is 1.94. The highest BCUT2D eigenvalue weighted by molar-refractivity contribution is 5.86. The molecule has 0 N–H and O–H groups in total. The van der Waals surface area contributed by atoms with Crippen molar-refractivity contribution >= 4 is 5.97 Å². The molecule has 60 valence electrons. The minimum absolute atomic E-state index is 0.150. The van der Waals surface area contributed by atoms with Gasteiger partial charge in [0.1, 0.15) is 5.69 Å². The summed E-state index contributed by atoms with van der Waals surface area (Å²) in [7, 11) is 1.28. The van der Waals surface area contributed by atoms with Crippen molar-refractivity contribution in [1.29, 1.82) is 0 Å². The Morgan fingerprint density at radius 2 is 2.33 bits per heavy atom. The third-order valence-electron chi connectivity index (χ3n) is 1.21. The topological polar surface area (TPSA) is 52.1 Å². The maximum atomic E-state index is 10.8. The van der Waals surface area contributed by atoms with Crippen molar-refractivity contribution in [1.82, 2.24) is 10.2 Å². The first-order chi connectivity index (χ1) is 5.77. The van der Waals surface area contributed by atoms with Crippen LogP contribution in [0.4, 0.5) is 0 Å². The van der Waals surface area contributed by atoms with Crippen molar-refractivity contribution in [3.63, 3.8) is 0 Å². The highest BCUT2D eigenvalue weighted by Gasteiger charge is 2.06. The average molecular weight is 162 g/mol. The molecule has 0 radical (unpaired) electrons. The lowest BCUT2D eigenvalue weighted by atomic mass is 10.3. The minimum atomic E-state index is -0.522. The SMILES string of the molecule is C#Cc1ccc(C(=O)OC)nn1. The van der Waals surface area contributed by atoms with Crippen molar-refractivity contribution in [2.75, 3.05) is 7.11 Å². The van der Waals surface area contributed by atoms with E-state index in [9.17, 15) is 4.79 Å². The number of terminal acetylenes is 1. The molecule has 0 aromatic carbocycles. The van der Waals surface area contributed by atoms with E-state index in [2.05, 4.69) is 20.9 Å². The molecule has 1 heterocycles. The van der Waals surface area contributed by atoms with Gasteiger partial charge in [0.25, 0.3) is 0 Å². The second kappa shape index (κ2) is 3.49. The largest absolute Gasteiger partial charge is 0.464 e. The third kappa shape index (κ3) is 1.58. The molecule has 4 nitrogen and oxygen atoms in total. The van der Waals surface area contributed by atoms with Crippen molar-refractivity contribution in [2.45, 2.75) is 0 Å². The molecule has 4 heteroatoms. The summed E-state index contributed by atoms with van der Waals surface area (Å²) < 4.78 is 4.42. The Hall–Kier alpha value is -1.89. The summed E-state index contributed by atoms with van der Waals surface area (Å²) in [5.41, 5.74) is 0.541. The fourth-order valence-electron chi connectivity index (χ4n) is 0.623. The standard InChI is InChI=1S/C8H6N2O2/c1-3-6-4-5-7(10-9-6)8(11)12-2/h1,4-5H,2H3. The predicted molar refractivity (Wildman–Crippen MR) is 41.3 cm³/mol. The molecular weight excluding hydrogens is 156 g/mol. The first kappa shape index (κ1) is 8.21. The Morgan fingerprint density at radius 1 is 1.58 bits per heavy atom. The molecule has 0 atom stereocenters. The maximum absolute atomic E-state index is 10.8. The molecule has 0 unspecified atom stereocenters. The zero-order valence-electron chi connectivity index (χ0n) is 6.44. The van der Waals surface area contributed by atoms with E-state index in [1.165, 1.54) is 19.2 Å². The summed E-state index contributed by atoms with van der Waals surface area (Å²) in [6.07, 6.45) is 5.04. The minimum Gasteiger partial charge on any atom is -0.464 e. The normalized spacial score (nSPS) is 8.67. The summed E-state index contributed by atoms with van der Waals surface area (Å²) in [5.74, 6) is 1.76. The van der Waals surface area contributed by atoms with Crippen LogP contribution in [0.1, 0.15) is 16.2 Å². The van der Waals surface area contributed by atoms with E-state index in [1.54, 1.807) is 0 Å². The fraction of sp³-hybridized carbons (Fsp3) is 0.125. The Balaban J connectivity index is 2.94. The van der Waals surface area contributed by atoms with Crippen LogP contribution in [-0.4, -0.2) is 23.3 Å². The molecule has 0 aliphatic carbocycles. The van der Waals surface area contributed by atoms with Crippen LogP contribution in [-0.2, 0) is 4.74 Å². The second-order valence-corrected chi connectivity index (χ2v) is 1.94. The van der Waals surface area contributed by atoms with E-state index in [0.29, 0.717) is 5.69 Å². The van der Waals surface area contributed by atoms with Crippen LogP contribution in [0.2, 0.25) is 0 Å². The van der Waals surface area contributed by atoms with Crippen LogP contribution in [0.15, 0.2) is 12.1 Å². The van der Waals surface area contributed by atoms with Gasteiger partial charge in [-0.3, -0.25) is 0 Å². The van der Waals surface area contributed by atoms with E-state index in [4.69, 9.17) is 6.42 Å². The number of nitrogens with zero attached hydrogens (tertiary/aromatic N) is 2. The molecule has 0 saturated carbocycles. The Kier molecular flexibility index (Phi) is 2.38. The number of carbonyl (C=O) groups excluding carboxylic acids is 1. The van der Waals surface area contributed by atoms with Gasteiger partial charge in [0, 0.05) is 0 Å². The number of hydrogen-bond acceptors (Lipinski definition) is 4. The third-order valence-corrected chi connectivity index (χ3v) is 1.21. The fourth-order valence-corrected chi connectivity index (χ4v) is 0.623. The smallest absolute Gasteiger partial charge is 0.358 e. The van der Waals surface area contributed by atoms with Crippen LogP contribution in [0, 0.1) is 12.3 Å². The lowest BCUT2D eigenvalue weighted by molar-refractivity contribution is 0.0592. The number of hydrogen-bond donors (Lipinski definition) is 0. The molecular formula is C8H6N2O2. The van der Waals surface area contributed by atoms with Crippen LogP contribution in [0.25, 0.3) is 0 Å². The molecule has 0 aliphatic heterocycles. The van der Waals surface area contributed by atoms with Crippen LogP contribution in [0.3, 0.4) is 0 Å².